The van der Waals surface area contributed by atoms with Crippen LogP contribution in [0.5, 0.6) is 0 Å². The van der Waals surface area contributed by atoms with Gasteiger partial charge in [-0.05, 0) is 5.56 Å². The molecule has 1 aromatic rings. The zero-order valence-corrected chi connectivity index (χ0v) is 9.18. The van der Waals surface area contributed by atoms with E-state index in [-0.39, 0.29) is 13.2 Å². The molecular formula is C12H13NO4. The number of carboxylic acid groups (broad SMARTS) is 1. The first-order valence-electron chi connectivity index (χ1n) is 5.28. The van der Waals surface area contributed by atoms with Gasteiger partial charge in [0.25, 0.3) is 0 Å². The fraction of sp³-hybridized carbons (Fsp3) is 0.333. The Morgan fingerprint density at radius 1 is 1.29 bits per heavy atom. The van der Waals surface area contributed by atoms with Gasteiger partial charge in [-0.2, -0.15) is 0 Å². The SMILES string of the molecule is O=C(O)C1(C(=O)NCc2ccccc2)COC1. The van der Waals surface area contributed by atoms with Crippen LogP contribution in [0.2, 0.25) is 0 Å². The summed E-state index contributed by atoms with van der Waals surface area (Å²) in [5.74, 6) is -1.62. The Morgan fingerprint density at radius 2 is 1.94 bits per heavy atom. The second-order valence-electron chi connectivity index (χ2n) is 4.05. The number of hydrogen-bond donors (Lipinski definition) is 2. The van der Waals surface area contributed by atoms with Crippen molar-refractivity contribution < 1.29 is 19.4 Å². The van der Waals surface area contributed by atoms with Gasteiger partial charge in [0.15, 0.2) is 5.41 Å². The molecule has 1 aliphatic rings. The van der Waals surface area contributed by atoms with Gasteiger partial charge in [0.1, 0.15) is 0 Å². The zero-order chi connectivity index (χ0) is 12.3. The van der Waals surface area contributed by atoms with Crippen LogP contribution < -0.4 is 5.32 Å². The Balaban J connectivity index is 1.96. The predicted molar refractivity (Wildman–Crippen MR) is 59.2 cm³/mol. The van der Waals surface area contributed by atoms with E-state index in [0.29, 0.717) is 6.54 Å². The van der Waals surface area contributed by atoms with Crippen LogP contribution >= 0.6 is 0 Å². The largest absolute Gasteiger partial charge is 0.480 e. The van der Waals surface area contributed by atoms with Gasteiger partial charge in [-0.15, -0.1) is 0 Å². The molecule has 1 saturated heterocycles. The number of benzene rings is 1. The Kier molecular flexibility index (Phi) is 3.10. The minimum absolute atomic E-state index is 0.0526. The molecule has 5 nitrogen and oxygen atoms in total. The van der Waals surface area contributed by atoms with Gasteiger partial charge in [-0.3, -0.25) is 9.59 Å². The van der Waals surface area contributed by atoms with Gasteiger partial charge in [-0.1, -0.05) is 30.3 Å². The molecule has 0 aliphatic carbocycles. The highest BCUT2D eigenvalue weighted by atomic mass is 16.5. The van der Waals surface area contributed by atoms with E-state index in [2.05, 4.69) is 5.32 Å². The van der Waals surface area contributed by atoms with Crippen LogP contribution in [-0.2, 0) is 20.9 Å². The number of rotatable bonds is 4. The maximum atomic E-state index is 11.8. The van der Waals surface area contributed by atoms with Crippen molar-refractivity contribution in [3.05, 3.63) is 35.9 Å². The first-order chi connectivity index (χ1) is 8.15. The molecule has 1 fully saturated rings. The number of nitrogens with one attached hydrogen (secondary N) is 1. The molecule has 0 bridgehead atoms. The molecule has 1 aliphatic heterocycles. The zero-order valence-electron chi connectivity index (χ0n) is 9.18. The van der Waals surface area contributed by atoms with Crippen LogP contribution in [0.15, 0.2) is 30.3 Å². The molecule has 90 valence electrons. The van der Waals surface area contributed by atoms with E-state index < -0.39 is 17.3 Å². The molecule has 0 radical (unpaired) electrons. The van der Waals surface area contributed by atoms with Crippen LogP contribution in [0.4, 0.5) is 0 Å². The van der Waals surface area contributed by atoms with Crippen LogP contribution in [0.1, 0.15) is 5.56 Å². The van der Waals surface area contributed by atoms with Crippen molar-refractivity contribution in [2.24, 2.45) is 5.41 Å². The molecule has 0 saturated carbocycles. The lowest BCUT2D eigenvalue weighted by molar-refractivity contribution is -0.185. The summed E-state index contributed by atoms with van der Waals surface area (Å²) in [6, 6.07) is 9.33. The standard InChI is InChI=1S/C12H13NO4/c14-10(12(11(15)16)7-17-8-12)13-6-9-4-2-1-3-5-9/h1-5H,6-8H2,(H,13,14)(H,15,16). The average molecular weight is 235 g/mol. The summed E-state index contributed by atoms with van der Waals surface area (Å²) in [6.45, 7) is 0.223. The number of ether oxygens (including phenoxy) is 1. The second-order valence-corrected chi connectivity index (χ2v) is 4.05. The summed E-state index contributed by atoms with van der Waals surface area (Å²) in [7, 11) is 0. The maximum Gasteiger partial charge on any atom is 0.324 e. The van der Waals surface area contributed by atoms with E-state index in [1.54, 1.807) is 0 Å². The van der Waals surface area contributed by atoms with E-state index in [1.807, 2.05) is 30.3 Å². The van der Waals surface area contributed by atoms with Crippen molar-refractivity contribution in [2.75, 3.05) is 13.2 Å². The molecular weight excluding hydrogens is 222 g/mol. The molecule has 2 rings (SSSR count). The number of carbonyl (C=O) groups excluding carboxylic acids is 1. The number of hydrogen-bond acceptors (Lipinski definition) is 3. The quantitative estimate of drug-likeness (QED) is 0.741. The van der Waals surface area contributed by atoms with E-state index in [9.17, 15) is 9.59 Å². The van der Waals surface area contributed by atoms with Crippen LogP contribution in [0, 0.1) is 5.41 Å². The van der Waals surface area contributed by atoms with Crippen molar-refractivity contribution in [1.29, 1.82) is 0 Å². The van der Waals surface area contributed by atoms with Crippen molar-refractivity contribution in [1.82, 2.24) is 5.32 Å². The Labute approximate surface area is 98.4 Å². The molecule has 1 amide bonds. The highest BCUT2D eigenvalue weighted by molar-refractivity contribution is 6.03. The van der Waals surface area contributed by atoms with Gasteiger partial charge in [0.05, 0.1) is 13.2 Å². The lowest BCUT2D eigenvalue weighted by atomic mass is 9.85. The molecule has 17 heavy (non-hydrogen) atoms. The molecule has 0 spiro atoms. The molecule has 0 aromatic heterocycles. The third-order valence-corrected chi connectivity index (χ3v) is 2.84. The fourth-order valence-corrected chi connectivity index (χ4v) is 1.61. The molecule has 2 N–H and O–H groups in total. The number of carbonyl (C=O) groups is 2. The molecule has 0 unspecified atom stereocenters. The lowest BCUT2D eigenvalue weighted by Gasteiger charge is -2.35. The average Bonchev–Trinajstić information content (AvgIpc) is 2.25. The van der Waals surface area contributed by atoms with E-state index in [4.69, 9.17) is 9.84 Å². The number of carboxylic acids is 1. The number of aliphatic carboxylic acids is 1. The van der Waals surface area contributed by atoms with Crippen molar-refractivity contribution in [3.63, 3.8) is 0 Å². The molecule has 1 heterocycles. The summed E-state index contributed by atoms with van der Waals surface area (Å²) in [4.78, 5) is 22.8. The van der Waals surface area contributed by atoms with Gasteiger partial charge >= 0.3 is 5.97 Å². The van der Waals surface area contributed by atoms with Crippen molar-refractivity contribution >= 4 is 11.9 Å². The Bertz CT molecular complexity index is 425. The van der Waals surface area contributed by atoms with E-state index in [1.165, 1.54) is 0 Å². The Hall–Kier alpha value is -1.88. The highest BCUT2D eigenvalue weighted by Gasteiger charge is 2.53. The van der Waals surface area contributed by atoms with Crippen LogP contribution in [-0.4, -0.2) is 30.2 Å². The van der Waals surface area contributed by atoms with Crippen molar-refractivity contribution in [2.45, 2.75) is 6.54 Å². The minimum Gasteiger partial charge on any atom is -0.480 e. The summed E-state index contributed by atoms with van der Waals surface area (Å²) >= 11 is 0. The van der Waals surface area contributed by atoms with Crippen LogP contribution in [0.25, 0.3) is 0 Å². The fourth-order valence-electron chi connectivity index (χ4n) is 1.61. The third kappa shape index (κ3) is 2.14. The topological polar surface area (TPSA) is 75.6 Å². The molecule has 1 aromatic carbocycles. The predicted octanol–water partition coefficient (Wildman–Crippen LogP) is 0.404. The van der Waals surface area contributed by atoms with Crippen molar-refractivity contribution in [3.8, 4) is 0 Å². The van der Waals surface area contributed by atoms with Crippen LogP contribution in [0.3, 0.4) is 0 Å². The molecule has 5 heteroatoms. The third-order valence-electron chi connectivity index (χ3n) is 2.84. The first-order valence-corrected chi connectivity index (χ1v) is 5.28. The monoisotopic (exact) mass is 235 g/mol. The van der Waals surface area contributed by atoms with Gasteiger partial charge in [0.2, 0.25) is 5.91 Å². The molecule has 0 atom stereocenters. The van der Waals surface area contributed by atoms with Gasteiger partial charge < -0.3 is 15.2 Å². The normalized spacial score (nSPS) is 16.9. The first kappa shape index (κ1) is 11.6. The highest BCUT2D eigenvalue weighted by Crippen LogP contribution is 2.28. The summed E-state index contributed by atoms with van der Waals surface area (Å²) in [5, 5.41) is 11.6. The van der Waals surface area contributed by atoms with Gasteiger partial charge in [-0.25, -0.2) is 0 Å². The summed E-state index contributed by atoms with van der Waals surface area (Å²) in [5.41, 5.74) is -0.462. The second kappa shape index (κ2) is 4.55. The number of amides is 1. The maximum absolute atomic E-state index is 11.8. The van der Waals surface area contributed by atoms with E-state index >= 15 is 0 Å². The Morgan fingerprint density at radius 3 is 2.41 bits per heavy atom. The lowest BCUT2D eigenvalue weighted by Crippen LogP contribution is -2.58. The van der Waals surface area contributed by atoms with E-state index in [0.717, 1.165) is 5.56 Å². The minimum atomic E-state index is -1.39. The summed E-state index contributed by atoms with van der Waals surface area (Å²) < 4.78 is 4.83. The smallest absolute Gasteiger partial charge is 0.324 e. The van der Waals surface area contributed by atoms with Gasteiger partial charge in [0, 0.05) is 6.54 Å². The summed E-state index contributed by atoms with van der Waals surface area (Å²) in [6.07, 6.45) is 0.